The van der Waals surface area contributed by atoms with Gasteiger partial charge in [0.05, 0.1) is 0 Å². The summed E-state index contributed by atoms with van der Waals surface area (Å²) in [7, 11) is 0.247. The summed E-state index contributed by atoms with van der Waals surface area (Å²) in [5.74, 6) is -0.814. The second-order valence-electron chi connectivity index (χ2n) is 4.91. The van der Waals surface area contributed by atoms with Gasteiger partial charge in [-0.3, -0.25) is 4.79 Å². The molecule has 5 nitrogen and oxygen atoms in total. The van der Waals surface area contributed by atoms with Crippen molar-refractivity contribution in [1.82, 2.24) is 15.1 Å². The number of carboxylic acids is 1. The van der Waals surface area contributed by atoms with E-state index in [1.807, 2.05) is 0 Å². The summed E-state index contributed by atoms with van der Waals surface area (Å²) in [4.78, 5) is 15.6. The first kappa shape index (κ1) is 14.3. The molecule has 102 valence electrons. The molecule has 18 heavy (non-hydrogen) atoms. The minimum Gasteiger partial charge on any atom is -0.480 e. The molecule has 0 aromatic heterocycles. The van der Waals surface area contributed by atoms with Gasteiger partial charge in [-0.15, -0.1) is 0 Å². The van der Waals surface area contributed by atoms with Gasteiger partial charge < -0.3 is 5.11 Å². The van der Waals surface area contributed by atoms with Crippen LogP contribution in [-0.2, 0) is 16.6 Å². The molecule has 2 rings (SSSR count). The van der Waals surface area contributed by atoms with Crippen molar-refractivity contribution >= 4 is 25.1 Å². The van der Waals surface area contributed by atoms with E-state index in [-0.39, 0.29) is 19.4 Å². The second-order valence-corrected chi connectivity index (χ2v) is 6.42. The van der Waals surface area contributed by atoms with Crippen molar-refractivity contribution in [3.05, 3.63) is 0 Å². The number of aliphatic carboxylic acids is 1. The van der Waals surface area contributed by atoms with Gasteiger partial charge in [0.15, 0.2) is 11.8 Å². The van der Waals surface area contributed by atoms with Crippen LogP contribution in [0.25, 0.3) is 0 Å². The molecular formula is C11H21N3O2PS+. The molecule has 0 spiro atoms. The topological polar surface area (TPSA) is 55.8 Å². The molecule has 2 fully saturated rings. The number of carbonyl (C=O) groups is 1. The second kappa shape index (κ2) is 6.35. The predicted octanol–water partition coefficient (Wildman–Crippen LogP) is 0.604. The van der Waals surface area contributed by atoms with Crippen molar-refractivity contribution in [1.29, 1.82) is 0 Å². The first-order chi connectivity index (χ1) is 8.69. The molecule has 0 radical (unpaired) electrons. The molecule has 0 bridgehead atoms. The molecule has 0 amide bonds. The molecular weight excluding hydrogens is 269 g/mol. The van der Waals surface area contributed by atoms with Gasteiger partial charge in [0.1, 0.15) is 6.54 Å². The predicted molar refractivity (Wildman–Crippen MR) is 75.7 cm³/mol. The van der Waals surface area contributed by atoms with Crippen molar-refractivity contribution < 1.29 is 9.90 Å². The summed E-state index contributed by atoms with van der Waals surface area (Å²) in [5, 5.41) is 12.2. The molecule has 2 heterocycles. The van der Waals surface area contributed by atoms with E-state index < -0.39 is 5.97 Å². The van der Waals surface area contributed by atoms with E-state index in [9.17, 15) is 4.79 Å². The highest BCUT2D eigenvalue weighted by molar-refractivity contribution is 7.97. The summed E-state index contributed by atoms with van der Waals surface area (Å²) >= 11 is 5.40. The highest BCUT2D eigenvalue weighted by Gasteiger charge is 2.50. The smallest absolute Gasteiger partial charge is 0.317 e. The molecule has 0 aliphatic carbocycles. The maximum atomic E-state index is 10.9. The lowest BCUT2D eigenvalue weighted by Gasteiger charge is -2.39. The maximum Gasteiger partial charge on any atom is 0.317 e. The van der Waals surface area contributed by atoms with Crippen LogP contribution in [0.4, 0.5) is 0 Å². The van der Waals surface area contributed by atoms with Gasteiger partial charge in [-0.2, -0.15) is 0 Å². The molecule has 2 N–H and O–H groups in total. The molecule has 2 aliphatic heterocycles. The number of likely N-dealkylation sites (tertiary alicyclic amines) is 2. The zero-order chi connectivity index (χ0) is 13.0. The summed E-state index contributed by atoms with van der Waals surface area (Å²) in [5.41, 5.74) is -0.388. The number of rotatable bonds is 6. The van der Waals surface area contributed by atoms with E-state index in [0.29, 0.717) is 0 Å². The first-order valence-corrected chi connectivity index (χ1v) is 8.68. The average molecular weight is 290 g/mol. The van der Waals surface area contributed by atoms with Crippen LogP contribution in [0.3, 0.4) is 0 Å². The van der Waals surface area contributed by atoms with Gasteiger partial charge in [0, 0.05) is 26.2 Å². The van der Waals surface area contributed by atoms with Crippen LogP contribution >= 0.6 is 7.36 Å². The number of hydrogen-bond donors (Lipinski definition) is 2. The Labute approximate surface area is 114 Å². The number of carboxylic acid groups (broad SMARTS) is 1. The zero-order valence-electron chi connectivity index (χ0n) is 10.5. The third-order valence-corrected chi connectivity index (χ3v) is 5.70. The summed E-state index contributed by atoms with van der Waals surface area (Å²) < 4.78 is 0. The van der Waals surface area contributed by atoms with Gasteiger partial charge in [-0.05, 0) is 25.7 Å². The van der Waals surface area contributed by atoms with Crippen LogP contribution in [-0.4, -0.2) is 59.1 Å². The largest absolute Gasteiger partial charge is 0.480 e. The number of nitrogens with one attached hydrogen (secondary N) is 1. The lowest BCUT2D eigenvalue weighted by Crippen LogP contribution is -2.64. The number of nitrogens with zero attached hydrogens (tertiary/aromatic N) is 2. The molecule has 0 aromatic carbocycles. The Kier molecular flexibility index (Phi) is 5.04. The van der Waals surface area contributed by atoms with Gasteiger partial charge in [0.2, 0.25) is 7.36 Å². The van der Waals surface area contributed by atoms with Crippen LogP contribution in [0.1, 0.15) is 25.7 Å². The fourth-order valence-corrected chi connectivity index (χ4v) is 4.73. The first-order valence-electron chi connectivity index (χ1n) is 6.55. The summed E-state index contributed by atoms with van der Waals surface area (Å²) in [6, 6.07) is 0. The Morgan fingerprint density at radius 1 is 1.17 bits per heavy atom. The van der Waals surface area contributed by atoms with Crippen molar-refractivity contribution in [3.63, 3.8) is 0 Å². The quantitative estimate of drug-likeness (QED) is 0.699. The average Bonchev–Trinajstić information content (AvgIpc) is 3.03. The lowest BCUT2D eigenvalue weighted by atomic mass is 10.4. The van der Waals surface area contributed by atoms with E-state index in [2.05, 4.69) is 15.1 Å². The molecule has 2 aliphatic rings. The summed E-state index contributed by atoms with van der Waals surface area (Å²) in [6.45, 7) is 4.07. The van der Waals surface area contributed by atoms with E-state index >= 15 is 0 Å². The van der Waals surface area contributed by atoms with Gasteiger partial charge in [0.25, 0.3) is 0 Å². The van der Waals surface area contributed by atoms with Crippen LogP contribution in [0, 0.1) is 0 Å². The Balaban J connectivity index is 2.16. The van der Waals surface area contributed by atoms with Gasteiger partial charge in [-0.25, -0.2) is 15.1 Å². The fourth-order valence-electron chi connectivity index (χ4n) is 2.87. The third kappa shape index (κ3) is 2.89. The van der Waals surface area contributed by atoms with Crippen molar-refractivity contribution in [2.24, 2.45) is 0 Å². The highest BCUT2D eigenvalue weighted by atomic mass is 32.4. The van der Waals surface area contributed by atoms with E-state index in [1.54, 1.807) is 0 Å². The summed E-state index contributed by atoms with van der Waals surface area (Å²) in [6.07, 6.45) is 4.74. The monoisotopic (exact) mass is 290 g/mol. The number of hydrogen-bond acceptors (Lipinski definition) is 5. The Bertz CT molecular complexity index is 301. The van der Waals surface area contributed by atoms with Crippen molar-refractivity contribution in [2.45, 2.75) is 31.2 Å². The molecule has 0 aromatic rings. The molecule has 1 unspecified atom stereocenters. The molecule has 7 heteroatoms. The van der Waals surface area contributed by atoms with E-state index in [1.165, 1.54) is 25.7 Å². The third-order valence-electron chi connectivity index (χ3n) is 3.76. The van der Waals surface area contributed by atoms with Crippen LogP contribution in [0.5, 0.6) is 0 Å². The zero-order valence-corrected chi connectivity index (χ0v) is 12.3. The Morgan fingerprint density at radius 3 is 1.94 bits per heavy atom. The SMILES string of the molecule is O=C(O)CNC([PH+]=S)(N1CCCC1)N1CCCC1. The van der Waals surface area contributed by atoms with Crippen LogP contribution in [0.2, 0.25) is 0 Å². The van der Waals surface area contributed by atoms with E-state index in [4.69, 9.17) is 16.9 Å². The lowest BCUT2D eigenvalue weighted by molar-refractivity contribution is -0.137. The van der Waals surface area contributed by atoms with Crippen LogP contribution in [0.15, 0.2) is 0 Å². The Hall–Kier alpha value is -0.130. The highest BCUT2D eigenvalue weighted by Crippen LogP contribution is 2.34. The molecule has 0 saturated carbocycles. The minimum absolute atomic E-state index is 0.0172. The standard InChI is InChI=1S/C11H20N3O2PS/c15-10(16)9-12-11(17-18,13-5-1-2-6-13)14-7-3-4-8-14/h12H,1-9H2,(H,15,16)/p+1. The normalized spacial score (nSPS) is 22.9. The molecule has 1 atom stereocenters. The maximum absolute atomic E-state index is 10.9. The van der Waals surface area contributed by atoms with E-state index in [0.717, 1.165) is 26.2 Å². The minimum atomic E-state index is -0.814. The fraction of sp³-hybridized carbons (Fsp3) is 0.909. The van der Waals surface area contributed by atoms with Gasteiger partial charge in [-0.1, -0.05) is 0 Å². The van der Waals surface area contributed by atoms with Crippen LogP contribution < -0.4 is 5.32 Å². The van der Waals surface area contributed by atoms with Gasteiger partial charge >= 0.3 is 11.5 Å². The molecule has 2 saturated heterocycles. The van der Waals surface area contributed by atoms with Crippen molar-refractivity contribution in [3.8, 4) is 0 Å². The van der Waals surface area contributed by atoms with Crippen molar-refractivity contribution in [2.75, 3.05) is 32.7 Å². The Morgan fingerprint density at radius 2 is 1.61 bits per heavy atom.